The monoisotopic (exact) mass is 411 g/mol. The Labute approximate surface area is 174 Å². The topological polar surface area (TPSA) is 43.9 Å². The molecule has 7 heteroatoms. The summed E-state index contributed by atoms with van der Waals surface area (Å²) < 4.78 is 27.9. The van der Waals surface area contributed by atoms with Gasteiger partial charge in [0.25, 0.3) is 11.8 Å². The van der Waals surface area contributed by atoms with E-state index < -0.39 is 23.4 Å². The summed E-state index contributed by atoms with van der Waals surface area (Å²) in [5.74, 6) is -2.88. The van der Waals surface area contributed by atoms with Crippen LogP contribution in [0.3, 0.4) is 0 Å². The predicted octanol–water partition coefficient (Wildman–Crippen LogP) is 3.11. The van der Waals surface area contributed by atoms with Gasteiger partial charge in [0.05, 0.1) is 11.3 Å². The van der Waals surface area contributed by atoms with E-state index in [9.17, 15) is 18.4 Å². The fourth-order valence-corrected chi connectivity index (χ4v) is 4.06. The number of carbonyl (C=O) groups is 2. The van der Waals surface area contributed by atoms with Crippen LogP contribution in [0.5, 0.6) is 0 Å². The molecule has 1 saturated heterocycles. The Kier molecular flexibility index (Phi) is 5.15. The molecule has 0 unspecified atom stereocenters. The number of rotatable bonds is 3. The second-order valence-corrected chi connectivity index (χ2v) is 7.87. The average molecular weight is 411 g/mol. The lowest BCUT2D eigenvalue weighted by molar-refractivity contribution is -0.120. The zero-order chi connectivity index (χ0) is 21.6. The summed E-state index contributed by atoms with van der Waals surface area (Å²) in [6.45, 7) is 6.49. The number of carbonyl (C=O) groups excluding carboxylic acids is 2. The van der Waals surface area contributed by atoms with Gasteiger partial charge in [-0.1, -0.05) is 23.8 Å². The van der Waals surface area contributed by atoms with E-state index in [0.717, 1.165) is 41.2 Å². The third kappa shape index (κ3) is 3.39. The van der Waals surface area contributed by atoms with Crippen molar-refractivity contribution in [2.45, 2.75) is 13.8 Å². The largest absolute Gasteiger partial charge is 0.364 e. The van der Waals surface area contributed by atoms with Gasteiger partial charge in [0, 0.05) is 32.2 Å². The molecule has 0 N–H and O–H groups in total. The number of benzene rings is 2. The molecule has 5 nitrogen and oxygen atoms in total. The zero-order valence-electron chi connectivity index (χ0n) is 17.2. The van der Waals surface area contributed by atoms with E-state index in [1.54, 1.807) is 0 Å². The van der Waals surface area contributed by atoms with Gasteiger partial charge >= 0.3 is 0 Å². The van der Waals surface area contributed by atoms with Crippen molar-refractivity contribution in [2.75, 3.05) is 38.1 Å². The second-order valence-electron chi connectivity index (χ2n) is 7.87. The molecule has 0 bridgehead atoms. The Bertz CT molecular complexity index is 1070. The maximum Gasteiger partial charge on any atom is 0.282 e. The Morgan fingerprint density at radius 3 is 2.20 bits per heavy atom. The van der Waals surface area contributed by atoms with Gasteiger partial charge in [0.2, 0.25) is 0 Å². The maximum absolute atomic E-state index is 14.5. The van der Waals surface area contributed by atoms with E-state index in [1.165, 1.54) is 0 Å². The number of halogens is 2. The van der Waals surface area contributed by atoms with E-state index in [0.29, 0.717) is 24.7 Å². The third-order valence-corrected chi connectivity index (χ3v) is 5.68. The fraction of sp³-hybridized carbons (Fsp3) is 0.304. The highest BCUT2D eigenvalue weighted by atomic mass is 19.1. The highest BCUT2D eigenvalue weighted by Crippen LogP contribution is 2.37. The lowest BCUT2D eigenvalue weighted by Gasteiger charge is -2.34. The van der Waals surface area contributed by atoms with Crippen LogP contribution in [0.25, 0.3) is 5.57 Å². The molecule has 0 saturated carbocycles. The molecule has 1 fully saturated rings. The van der Waals surface area contributed by atoms with Crippen LogP contribution in [-0.2, 0) is 9.59 Å². The van der Waals surface area contributed by atoms with Crippen molar-refractivity contribution in [3.05, 3.63) is 70.4 Å². The first kappa shape index (κ1) is 20.2. The van der Waals surface area contributed by atoms with Crippen LogP contribution in [0, 0.1) is 25.5 Å². The Morgan fingerprint density at radius 2 is 1.57 bits per heavy atom. The standard InChI is InChI=1S/C23H23F2N3O2/c1-14-4-6-17(15(2)12-14)20-21(27-10-8-26(3)9-11-27)23(30)28(22(20)29)19-7-5-16(24)13-18(19)25/h4-7,12-13H,8-11H2,1-3H3. The summed E-state index contributed by atoms with van der Waals surface area (Å²) in [6, 6.07) is 8.52. The van der Waals surface area contributed by atoms with Crippen molar-refractivity contribution in [3.63, 3.8) is 0 Å². The molecule has 2 amide bonds. The highest BCUT2D eigenvalue weighted by molar-refractivity contribution is 6.45. The molecule has 2 aromatic carbocycles. The van der Waals surface area contributed by atoms with Crippen LogP contribution in [0.1, 0.15) is 16.7 Å². The van der Waals surface area contributed by atoms with E-state index in [2.05, 4.69) is 4.90 Å². The summed E-state index contributed by atoms with van der Waals surface area (Å²) >= 11 is 0. The van der Waals surface area contributed by atoms with E-state index >= 15 is 0 Å². The van der Waals surface area contributed by atoms with E-state index in [4.69, 9.17) is 0 Å². The fourth-order valence-electron chi connectivity index (χ4n) is 4.06. The molecule has 0 aliphatic carbocycles. The minimum Gasteiger partial charge on any atom is -0.364 e. The van der Waals surface area contributed by atoms with E-state index in [-0.39, 0.29) is 17.0 Å². The van der Waals surface area contributed by atoms with Gasteiger partial charge in [-0.05, 0) is 44.2 Å². The van der Waals surface area contributed by atoms with Gasteiger partial charge in [-0.3, -0.25) is 9.59 Å². The molecule has 2 aromatic rings. The van der Waals surface area contributed by atoms with Crippen LogP contribution in [0.2, 0.25) is 0 Å². The summed E-state index contributed by atoms with van der Waals surface area (Å²) in [4.78, 5) is 31.8. The quantitative estimate of drug-likeness (QED) is 0.728. The number of hydrogen-bond acceptors (Lipinski definition) is 4. The molecule has 0 aromatic heterocycles. The first-order chi connectivity index (χ1) is 14.3. The number of aryl methyl sites for hydroxylation is 2. The number of imide groups is 1. The van der Waals surface area contributed by atoms with Crippen molar-refractivity contribution in [1.29, 1.82) is 0 Å². The van der Waals surface area contributed by atoms with Gasteiger partial charge in [0.1, 0.15) is 17.3 Å². The third-order valence-electron chi connectivity index (χ3n) is 5.68. The van der Waals surface area contributed by atoms with Crippen LogP contribution in [0.4, 0.5) is 14.5 Å². The number of piperazine rings is 1. The smallest absolute Gasteiger partial charge is 0.282 e. The van der Waals surface area contributed by atoms with Crippen molar-refractivity contribution in [2.24, 2.45) is 0 Å². The molecular formula is C23H23F2N3O2. The number of likely N-dealkylation sites (N-methyl/N-ethyl adjacent to an activating group) is 1. The number of anilines is 1. The van der Waals surface area contributed by atoms with Crippen LogP contribution in [-0.4, -0.2) is 54.8 Å². The van der Waals surface area contributed by atoms with E-state index in [1.807, 2.05) is 44.0 Å². The minimum absolute atomic E-state index is 0.238. The molecule has 4 rings (SSSR count). The first-order valence-electron chi connectivity index (χ1n) is 9.87. The molecule has 2 aliphatic rings. The SMILES string of the molecule is Cc1ccc(C2=C(N3CCN(C)CC3)C(=O)N(c3ccc(F)cc3F)C2=O)c(C)c1. The van der Waals surface area contributed by atoms with Gasteiger partial charge in [-0.15, -0.1) is 0 Å². The van der Waals surface area contributed by atoms with Crippen molar-refractivity contribution in [1.82, 2.24) is 9.80 Å². The molecule has 2 heterocycles. The van der Waals surface area contributed by atoms with Crippen molar-refractivity contribution in [3.8, 4) is 0 Å². The van der Waals surface area contributed by atoms with Crippen LogP contribution in [0.15, 0.2) is 42.1 Å². The van der Waals surface area contributed by atoms with Gasteiger partial charge in [0.15, 0.2) is 0 Å². The average Bonchev–Trinajstić information content (AvgIpc) is 2.93. The van der Waals surface area contributed by atoms with Gasteiger partial charge in [-0.25, -0.2) is 13.7 Å². The Hall–Kier alpha value is -3.06. The van der Waals surface area contributed by atoms with Crippen LogP contribution < -0.4 is 4.90 Å². The molecular weight excluding hydrogens is 388 g/mol. The lowest BCUT2D eigenvalue weighted by Crippen LogP contribution is -2.46. The summed E-state index contributed by atoms with van der Waals surface area (Å²) in [7, 11) is 2.00. The highest BCUT2D eigenvalue weighted by Gasteiger charge is 2.44. The number of amides is 2. The normalized spacial score (nSPS) is 18.0. The van der Waals surface area contributed by atoms with Crippen molar-refractivity contribution >= 4 is 23.1 Å². The first-order valence-corrected chi connectivity index (χ1v) is 9.87. The summed E-state index contributed by atoms with van der Waals surface area (Å²) in [5, 5.41) is 0. The molecule has 30 heavy (non-hydrogen) atoms. The predicted molar refractivity (Wildman–Crippen MR) is 111 cm³/mol. The Morgan fingerprint density at radius 1 is 0.867 bits per heavy atom. The zero-order valence-corrected chi connectivity index (χ0v) is 17.2. The molecule has 0 atom stereocenters. The molecule has 0 spiro atoms. The molecule has 0 radical (unpaired) electrons. The second kappa shape index (κ2) is 7.65. The van der Waals surface area contributed by atoms with Crippen molar-refractivity contribution < 1.29 is 18.4 Å². The number of nitrogens with zero attached hydrogens (tertiary/aromatic N) is 3. The summed E-state index contributed by atoms with van der Waals surface area (Å²) in [5.41, 5.74) is 2.86. The number of hydrogen-bond donors (Lipinski definition) is 0. The minimum atomic E-state index is -0.948. The summed E-state index contributed by atoms with van der Waals surface area (Å²) in [6.07, 6.45) is 0. The van der Waals surface area contributed by atoms with Gasteiger partial charge in [-0.2, -0.15) is 0 Å². The Balaban J connectivity index is 1.86. The van der Waals surface area contributed by atoms with Gasteiger partial charge < -0.3 is 9.80 Å². The van der Waals surface area contributed by atoms with Crippen LogP contribution >= 0.6 is 0 Å². The maximum atomic E-state index is 14.5. The molecule has 156 valence electrons. The molecule has 2 aliphatic heterocycles. The lowest BCUT2D eigenvalue weighted by atomic mass is 9.97.